The summed E-state index contributed by atoms with van der Waals surface area (Å²) in [5.74, 6) is 0.107. The van der Waals surface area contributed by atoms with Crippen LogP contribution >= 0.6 is 11.6 Å². The fourth-order valence-corrected chi connectivity index (χ4v) is 4.82. The van der Waals surface area contributed by atoms with Crippen molar-refractivity contribution in [2.75, 3.05) is 19.4 Å². The fraction of sp³-hybridized carbons (Fsp3) is 0.438. The zero-order chi connectivity index (χ0) is 20.9. The van der Waals surface area contributed by atoms with Crippen molar-refractivity contribution in [1.29, 1.82) is 0 Å². The molecule has 2 aromatic rings. The Hall–Kier alpha value is -2.15. The standard InChI is InChI=1S/C16H17ClF3N4O4Si/c17-11-3-1-2-10(8-11)13(25)24-29-7-4-12(21-9-29)14-22-23-15(28-14)26-5-6-27-16(18,19)20/h1-3,8,12,21H,4-7,9H2,(H,24,25)/t12-/m1/s1. The van der Waals surface area contributed by atoms with Gasteiger partial charge in [0.05, 0.1) is 12.6 Å². The third-order valence-corrected chi connectivity index (χ3v) is 6.31. The van der Waals surface area contributed by atoms with Crippen molar-refractivity contribution in [2.45, 2.75) is 24.9 Å². The van der Waals surface area contributed by atoms with Crippen molar-refractivity contribution >= 4 is 26.5 Å². The number of rotatable bonds is 7. The molecule has 1 aliphatic rings. The highest BCUT2D eigenvalue weighted by Crippen LogP contribution is 2.24. The van der Waals surface area contributed by atoms with Gasteiger partial charge < -0.3 is 19.5 Å². The molecule has 1 radical (unpaired) electrons. The molecule has 2 heterocycles. The van der Waals surface area contributed by atoms with Gasteiger partial charge in [0.15, 0.2) is 8.96 Å². The van der Waals surface area contributed by atoms with Crippen LogP contribution in [0, 0.1) is 0 Å². The third kappa shape index (κ3) is 6.70. The Bertz CT molecular complexity index is 830. The third-order valence-electron chi connectivity index (χ3n) is 3.97. The molecule has 0 saturated carbocycles. The van der Waals surface area contributed by atoms with E-state index in [1.54, 1.807) is 24.3 Å². The molecule has 0 aliphatic carbocycles. The Morgan fingerprint density at radius 2 is 2.21 bits per heavy atom. The van der Waals surface area contributed by atoms with E-state index in [2.05, 4.69) is 25.2 Å². The molecule has 1 aliphatic heterocycles. The number of carbonyl (C=O) groups excluding carboxylic acids is 1. The van der Waals surface area contributed by atoms with Gasteiger partial charge in [0.1, 0.15) is 6.61 Å². The summed E-state index contributed by atoms with van der Waals surface area (Å²) < 4.78 is 49.5. The number of nitrogens with zero attached hydrogens (tertiary/aromatic N) is 2. The second kappa shape index (κ2) is 9.56. The Kier molecular flexibility index (Phi) is 7.11. The van der Waals surface area contributed by atoms with E-state index in [0.29, 0.717) is 23.2 Å². The topological polar surface area (TPSA) is 98.5 Å². The normalized spacial score (nSPS) is 17.9. The lowest BCUT2D eigenvalue weighted by molar-refractivity contribution is -0.325. The summed E-state index contributed by atoms with van der Waals surface area (Å²) in [6.45, 7) is -1.05. The van der Waals surface area contributed by atoms with E-state index >= 15 is 0 Å². The molecular formula is C16H17ClF3N4O4Si. The van der Waals surface area contributed by atoms with Crippen LogP contribution in [-0.4, -0.2) is 50.8 Å². The van der Waals surface area contributed by atoms with Gasteiger partial charge in [-0.3, -0.25) is 9.53 Å². The number of carbonyl (C=O) groups is 1. The number of aromatic nitrogens is 2. The van der Waals surface area contributed by atoms with E-state index in [9.17, 15) is 18.0 Å². The van der Waals surface area contributed by atoms with Crippen LogP contribution in [0.15, 0.2) is 28.7 Å². The highest BCUT2D eigenvalue weighted by atomic mass is 35.5. The molecular weight excluding hydrogens is 433 g/mol. The monoisotopic (exact) mass is 449 g/mol. The summed E-state index contributed by atoms with van der Waals surface area (Å²) in [5, 5.41) is 11.2. The minimum Gasteiger partial charge on any atom is -0.447 e. The highest BCUT2D eigenvalue weighted by Gasteiger charge is 2.30. The van der Waals surface area contributed by atoms with Crippen LogP contribution in [-0.2, 0) is 4.74 Å². The predicted octanol–water partition coefficient (Wildman–Crippen LogP) is 2.63. The van der Waals surface area contributed by atoms with Gasteiger partial charge in [-0.15, -0.1) is 18.3 Å². The minimum atomic E-state index is -4.71. The molecule has 0 spiro atoms. The van der Waals surface area contributed by atoms with Gasteiger partial charge in [-0.1, -0.05) is 22.8 Å². The molecule has 29 heavy (non-hydrogen) atoms. The van der Waals surface area contributed by atoms with Gasteiger partial charge in [0, 0.05) is 16.8 Å². The zero-order valence-electron chi connectivity index (χ0n) is 15.0. The van der Waals surface area contributed by atoms with E-state index in [-0.39, 0.29) is 30.5 Å². The van der Waals surface area contributed by atoms with Crippen molar-refractivity contribution in [3.05, 3.63) is 40.7 Å². The number of nitrogens with one attached hydrogen (secondary N) is 2. The van der Waals surface area contributed by atoms with Gasteiger partial charge in [0.2, 0.25) is 11.8 Å². The van der Waals surface area contributed by atoms with Crippen LogP contribution in [0.1, 0.15) is 28.7 Å². The first-order valence-electron chi connectivity index (χ1n) is 8.62. The van der Waals surface area contributed by atoms with E-state index in [1.165, 1.54) is 0 Å². The lowest BCUT2D eigenvalue weighted by Crippen LogP contribution is -2.50. The van der Waals surface area contributed by atoms with Crippen LogP contribution in [0.3, 0.4) is 0 Å². The van der Waals surface area contributed by atoms with Crippen molar-refractivity contribution in [1.82, 2.24) is 20.5 Å². The lowest BCUT2D eigenvalue weighted by atomic mass is 10.2. The number of halogens is 4. The second-order valence-electron chi connectivity index (χ2n) is 6.09. The molecule has 1 aromatic heterocycles. The van der Waals surface area contributed by atoms with Crippen molar-refractivity contribution in [3.63, 3.8) is 0 Å². The van der Waals surface area contributed by atoms with E-state index in [1.807, 2.05) is 0 Å². The molecule has 1 aromatic carbocycles. The average molecular weight is 450 g/mol. The van der Waals surface area contributed by atoms with E-state index in [0.717, 1.165) is 6.04 Å². The molecule has 1 saturated heterocycles. The summed E-state index contributed by atoms with van der Waals surface area (Å²) in [7, 11) is -1.17. The fourth-order valence-electron chi connectivity index (χ4n) is 2.64. The first-order valence-corrected chi connectivity index (χ1v) is 10.9. The van der Waals surface area contributed by atoms with E-state index in [4.69, 9.17) is 20.8 Å². The van der Waals surface area contributed by atoms with Crippen LogP contribution in [0.25, 0.3) is 0 Å². The van der Waals surface area contributed by atoms with Gasteiger partial charge in [-0.25, -0.2) is 0 Å². The number of hydrogen-bond donors (Lipinski definition) is 2. The maximum atomic E-state index is 12.3. The SMILES string of the molecule is O=C(N[Si]1CC[C@H](c2nnc(OCCOC(F)(F)F)o2)NC1)c1cccc(Cl)c1. The number of benzene rings is 1. The van der Waals surface area contributed by atoms with Crippen LogP contribution in [0.2, 0.25) is 11.1 Å². The van der Waals surface area contributed by atoms with Crippen molar-refractivity contribution in [2.24, 2.45) is 0 Å². The van der Waals surface area contributed by atoms with Gasteiger partial charge in [-0.2, -0.15) is 0 Å². The predicted molar refractivity (Wildman–Crippen MR) is 96.6 cm³/mol. The smallest absolute Gasteiger partial charge is 0.447 e. The Morgan fingerprint density at radius 3 is 2.90 bits per heavy atom. The Balaban J connectivity index is 1.42. The maximum Gasteiger partial charge on any atom is 0.522 e. The minimum absolute atomic E-state index is 0.170. The van der Waals surface area contributed by atoms with E-state index < -0.39 is 21.9 Å². The number of alkyl halides is 3. The lowest BCUT2D eigenvalue weighted by Gasteiger charge is -2.26. The number of amides is 1. The quantitative estimate of drug-likeness (QED) is 0.495. The molecule has 2 N–H and O–H groups in total. The molecule has 1 fully saturated rings. The van der Waals surface area contributed by atoms with Crippen LogP contribution in [0.5, 0.6) is 6.08 Å². The van der Waals surface area contributed by atoms with Crippen LogP contribution in [0.4, 0.5) is 13.2 Å². The summed E-state index contributed by atoms with van der Waals surface area (Å²) in [6, 6.07) is 7.27. The first-order chi connectivity index (χ1) is 13.8. The number of ether oxygens (including phenoxy) is 2. The Morgan fingerprint density at radius 1 is 1.38 bits per heavy atom. The van der Waals surface area contributed by atoms with Crippen molar-refractivity contribution in [3.8, 4) is 6.08 Å². The maximum absolute atomic E-state index is 12.3. The number of hydrogen-bond acceptors (Lipinski definition) is 7. The molecule has 0 unspecified atom stereocenters. The van der Waals surface area contributed by atoms with Gasteiger partial charge in [-0.05, 0) is 30.7 Å². The van der Waals surface area contributed by atoms with Crippen LogP contribution < -0.4 is 15.0 Å². The molecule has 13 heteroatoms. The second-order valence-corrected chi connectivity index (χ2v) is 8.84. The van der Waals surface area contributed by atoms with Gasteiger partial charge in [0.25, 0.3) is 0 Å². The van der Waals surface area contributed by atoms with Gasteiger partial charge >= 0.3 is 12.4 Å². The molecule has 1 amide bonds. The van der Waals surface area contributed by atoms with Crippen molar-refractivity contribution < 1.29 is 31.9 Å². The summed E-state index contributed by atoms with van der Waals surface area (Å²) >= 11 is 5.91. The Labute approximate surface area is 170 Å². The zero-order valence-corrected chi connectivity index (χ0v) is 16.7. The highest BCUT2D eigenvalue weighted by molar-refractivity contribution is 6.60. The average Bonchev–Trinajstić information content (AvgIpc) is 3.14. The molecule has 157 valence electrons. The molecule has 0 bridgehead atoms. The summed E-state index contributed by atoms with van der Waals surface area (Å²) in [4.78, 5) is 15.3. The summed E-state index contributed by atoms with van der Waals surface area (Å²) in [6.07, 6.45) is -3.70. The largest absolute Gasteiger partial charge is 0.522 e. The molecule has 3 rings (SSSR count). The first kappa shape index (κ1) is 21.6. The summed E-state index contributed by atoms with van der Waals surface area (Å²) in [5.41, 5.74) is 0.505. The molecule has 1 atom stereocenters. The molecule has 8 nitrogen and oxygen atoms in total.